The number of nitrogens with one attached hydrogen (secondary N) is 1. The summed E-state index contributed by atoms with van der Waals surface area (Å²) in [7, 11) is -2.93. The van der Waals surface area contributed by atoms with Crippen molar-refractivity contribution in [1.82, 2.24) is 4.72 Å². The topological polar surface area (TPSA) is 64.6 Å². The molecule has 148 valence electrons. The Morgan fingerprint density at radius 1 is 1.11 bits per heavy atom. The Morgan fingerprint density at radius 3 is 2.37 bits per heavy atom. The quantitative estimate of drug-likeness (QED) is 0.728. The zero-order valence-electron chi connectivity index (χ0n) is 14.4. The summed E-state index contributed by atoms with van der Waals surface area (Å²) in [6.07, 6.45) is -5.02. The first-order chi connectivity index (χ1) is 12.5. The lowest BCUT2D eigenvalue weighted by Crippen LogP contribution is -2.40. The lowest BCUT2D eigenvalue weighted by Gasteiger charge is -2.29. The van der Waals surface area contributed by atoms with E-state index in [9.17, 15) is 21.6 Å². The molecule has 0 saturated carbocycles. The lowest BCUT2D eigenvalue weighted by molar-refractivity contribution is -0.275. The van der Waals surface area contributed by atoms with Crippen molar-refractivity contribution in [3.05, 3.63) is 59.1 Å². The second kappa shape index (κ2) is 8.05. The van der Waals surface area contributed by atoms with Crippen LogP contribution in [0.15, 0.2) is 53.4 Å². The smallest absolute Gasteiger partial charge is 0.404 e. The summed E-state index contributed by atoms with van der Waals surface area (Å²) >= 11 is 5.96. The van der Waals surface area contributed by atoms with Crippen molar-refractivity contribution >= 4 is 21.6 Å². The minimum atomic E-state index is -5.02. The van der Waals surface area contributed by atoms with Gasteiger partial charge in [-0.15, -0.1) is 13.2 Å². The van der Waals surface area contributed by atoms with E-state index in [1.165, 1.54) is 19.2 Å². The summed E-state index contributed by atoms with van der Waals surface area (Å²) in [4.78, 5) is -0.633. The molecule has 0 unspecified atom stereocenters. The SMILES string of the molecule is CO[C@@](C)(CNS(=O)(=O)c1ccccc1OC(F)(F)F)c1cccc(Cl)c1. The Bertz CT molecular complexity index is 905. The van der Waals surface area contributed by atoms with E-state index in [4.69, 9.17) is 16.3 Å². The Balaban J connectivity index is 2.29. The summed E-state index contributed by atoms with van der Waals surface area (Å²) in [6, 6.07) is 11.1. The molecule has 2 rings (SSSR count). The van der Waals surface area contributed by atoms with Gasteiger partial charge in [0.2, 0.25) is 10.0 Å². The first kappa shape index (κ1) is 21.5. The molecule has 0 aliphatic rings. The Labute approximate surface area is 160 Å². The van der Waals surface area contributed by atoms with E-state index in [2.05, 4.69) is 9.46 Å². The van der Waals surface area contributed by atoms with Crippen LogP contribution in [0.1, 0.15) is 12.5 Å². The maximum Gasteiger partial charge on any atom is 0.573 e. The molecule has 0 bridgehead atoms. The minimum absolute atomic E-state index is 0.244. The molecule has 2 aromatic carbocycles. The number of hydrogen-bond acceptors (Lipinski definition) is 4. The van der Waals surface area contributed by atoms with Crippen LogP contribution in [0.5, 0.6) is 5.75 Å². The zero-order valence-corrected chi connectivity index (χ0v) is 16.0. The molecule has 0 saturated heterocycles. The van der Waals surface area contributed by atoms with E-state index in [0.29, 0.717) is 10.6 Å². The summed E-state index contributed by atoms with van der Waals surface area (Å²) in [5, 5.41) is 0.433. The minimum Gasteiger partial charge on any atom is -0.404 e. The molecular formula is C17H17ClF3NO4S. The van der Waals surface area contributed by atoms with Gasteiger partial charge in [0, 0.05) is 18.7 Å². The second-order valence-corrected chi connectivity index (χ2v) is 7.94. The van der Waals surface area contributed by atoms with Crippen molar-refractivity contribution in [2.45, 2.75) is 23.8 Å². The van der Waals surface area contributed by atoms with Gasteiger partial charge in [-0.05, 0) is 36.8 Å². The summed E-state index contributed by atoms with van der Waals surface area (Å²) < 4.78 is 74.2. The standard InChI is InChI=1S/C17H17ClF3NO4S/c1-16(25-2,12-6-5-7-13(18)10-12)11-22-27(23,24)15-9-4-3-8-14(15)26-17(19,20)21/h3-10,22H,11H2,1-2H3/t16-/m0/s1. The maximum atomic E-state index is 12.6. The van der Waals surface area contributed by atoms with E-state index in [1.54, 1.807) is 31.2 Å². The van der Waals surface area contributed by atoms with E-state index >= 15 is 0 Å². The third-order valence-corrected chi connectivity index (χ3v) is 5.53. The summed E-state index contributed by atoms with van der Waals surface area (Å²) in [5.74, 6) is -0.820. The normalized spacial score (nSPS) is 14.6. The molecule has 0 fully saturated rings. The molecule has 10 heteroatoms. The van der Waals surface area contributed by atoms with Gasteiger partial charge >= 0.3 is 6.36 Å². The zero-order chi connectivity index (χ0) is 20.3. The molecule has 0 aliphatic carbocycles. The monoisotopic (exact) mass is 423 g/mol. The third kappa shape index (κ3) is 5.58. The molecule has 27 heavy (non-hydrogen) atoms. The molecule has 0 radical (unpaired) electrons. The van der Waals surface area contributed by atoms with Crippen LogP contribution in [0, 0.1) is 0 Å². The van der Waals surface area contributed by atoms with Gasteiger partial charge in [0.05, 0.1) is 0 Å². The van der Waals surface area contributed by atoms with Crippen LogP contribution in [0.4, 0.5) is 13.2 Å². The molecule has 0 spiro atoms. The van der Waals surface area contributed by atoms with Gasteiger partial charge in [0.15, 0.2) is 0 Å². The predicted molar refractivity (Wildman–Crippen MR) is 94.1 cm³/mol. The molecule has 1 N–H and O–H groups in total. The highest BCUT2D eigenvalue weighted by Gasteiger charge is 2.35. The predicted octanol–water partition coefficient (Wildman–Crippen LogP) is 4.08. The van der Waals surface area contributed by atoms with Crippen molar-refractivity contribution in [1.29, 1.82) is 0 Å². The van der Waals surface area contributed by atoms with E-state index in [1.807, 2.05) is 0 Å². The number of alkyl halides is 3. The number of benzene rings is 2. The van der Waals surface area contributed by atoms with Crippen molar-refractivity contribution in [2.75, 3.05) is 13.7 Å². The highest BCUT2D eigenvalue weighted by molar-refractivity contribution is 7.89. The van der Waals surface area contributed by atoms with Crippen LogP contribution in [0.25, 0.3) is 0 Å². The molecule has 0 heterocycles. The van der Waals surface area contributed by atoms with Crippen molar-refractivity contribution < 1.29 is 31.1 Å². The Kier molecular flexibility index (Phi) is 6.41. The molecule has 0 aliphatic heterocycles. The van der Waals surface area contributed by atoms with Crippen LogP contribution in [0.3, 0.4) is 0 Å². The van der Waals surface area contributed by atoms with Crippen LogP contribution >= 0.6 is 11.6 Å². The summed E-state index contributed by atoms with van der Waals surface area (Å²) in [5.41, 5.74) is -0.502. The van der Waals surface area contributed by atoms with Gasteiger partial charge in [-0.1, -0.05) is 35.9 Å². The lowest BCUT2D eigenvalue weighted by atomic mass is 9.96. The molecule has 1 atom stereocenters. The fourth-order valence-corrected chi connectivity index (χ4v) is 3.74. The number of ether oxygens (including phenoxy) is 2. The number of rotatable bonds is 7. The van der Waals surface area contributed by atoms with Gasteiger partial charge < -0.3 is 9.47 Å². The van der Waals surface area contributed by atoms with Crippen molar-refractivity contribution in [3.63, 3.8) is 0 Å². The fourth-order valence-electron chi connectivity index (χ4n) is 2.30. The van der Waals surface area contributed by atoms with E-state index in [-0.39, 0.29) is 6.54 Å². The van der Waals surface area contributed by atoms with Gasteiger partial charge in [-0.3, -0.25) is 0 Å². The fraction of sp³-hybridized carbons (Fsp3) is 0.294. The van der Waals surface area contributed by atoms with Gasteiger partial charge in [0.1, 0.15) is 16.2 Å². The average molecular weight is 424 g/mol. The summed E-state index contributed by atoms with van der Waals surface area (Å²) in [6.45, 7) is 1.38. The Morgan fingerprint density at radius 2 is 1.78 bits per heavy atom. The molecule has 2 aromatic rings. The third-order valence-electron chi connectivity index (χ3n) is 3.85. The first-order valence-electron chi connectivity index (χ1n) is 7.62. The Hall–Kier alpha value is -1.81. The molecule has 5 nitrogen and oxygen atoms in total. The average Bonchev–Trinajstić information content (AvgIpc) is 2.59. The van der Waals surface area contributed by atoms with Crippen molar-refractivity contribution in [3.8, 4) is 5.75 Å². The number of methoxy groups -OCH3 is 1. The highest BCUT2D eigenvalue weighted by atomic mass is 35.5. The first-order valence-corrected chi connectivity index (χ1v) is 9.49. The van der Waals surface area contributed by atoms with Crippen LogP contribution < -0.4 is 9.46 Å². The van der Waals surface area contributed by atoms with Crippen LogP contribution in [-0.2, 0) is 20.4 Å². The molecule has 0 amide bonds. The van der Waals surface area contributed by atoms with Gasteiger partial charge in [-0.25, -0.2) is 13.1 Å². The number of hydrogen-bond donors (Lipinski definition) is 1. The van der Waals surface area contributed by atoms with E-state index in [0.717, 1.165) is 12.1 Å². The highest BCUT2D eigenvalue weighted by Crippen LogP contribution is 2.31. The van der Waals surface area contributed by atoms with E-state index < -0.39 is 32.6 Å². The maximum absolute atomic E-state index is 12.6. The number of sulfonamides is 1. The largest absolute Gasteiger partial charge is 0.573 e. The molecule has 0 aromatic heterocycles. The van der Waals surface area contributed by atoms with Crippen LogP contribution in [0.2, 0.25) is 5.02 Å². The molecular weight excluding hydrogens is 407 g/mol. The number of para-hydroxylation sites is 1. The van der Waals surface area contributed by atoms with Crippen LogP contribution in [-0.4, -0.2) is 28.4 Å². The van der Waals surface area contributed by atoms with Gasteiger partial charge in [0.25, 0.3) is 0 Å². The van der Waals surface area contributed by atoms with Gasteiger partial charge in [-0.2, -0.15) is 0 Å². The number of halogens is 4. The van der Waals surface area contributed by atoms with Crippen molar-refractivity contribution in [2.24, 2.45) is 0 Å². The second-order valence-electron chi connectivity index (χ2n) is 5.76.